The molecule has 1 aromatic heterocycles. The lowest BCUT2D eigenvalue weighted by molar-refractivity contribution is 0.0717. The molecule has 2 aliphatic carbocycles. The third-order valence-corrected chi connectivity index (χ3v) is 4.84. The van der Waals surface area contributed by atoms with Crippen molar-refractivity contribution in [3.05, 3.63) is 22.3 Å². The van der Waals surface area contributed by atoms with Crippen LogP contribution in [0.4, 0.5) is 0 Å². The van der Waals surface area contributed by atoms with Crippen LogP contribution in [0.5, 0.6) is 5.88 Å². The van der Waals surface area contributed by atoms with Crippen molar-refractivity contribution in [2.24, 2.45) is 5.92 Å². The number of ether oxygens (including phenoxy) is 1. The normalized spacial score (nSPS) is 24.8. The fraction of sp³-hybridized carbons (Fsp3) is 0.625. The van der Waals surface area contributed by atoms with Gasteiger partial charge < -0.3 is 15.2 Å². The first kappa shape index (κ1) is 15.7. The molecule has 22 heavy (non-hydrogen) atoms. The zero-order valence-electron chi connectivity index (χ0n) is 12.4. The fourth-order valence-electron chi connectivity index (χ4n) is 2.67. The number of halogens is 1. The molecule has 6 heteroatoms. The van der Waals surface area contributed by atoms with Gasteiger partial charge in [0, 0.05) is 6.20 Å². The summed E-state index contributed by atoms with van der Waals surface area (Å²) in [7, 11) is 0. The predicted octanol–water partition coefficient (Wildman–Crippen LogP) is 2.67. The topological polar surface area (TPSA) is 71.5 Å². The van der Waals surface area contributed by atoms with E-state index in [2.05, 4.69) is 26.2 Å². The molecule has 3 rings (SSSR count). The summed E-state index contributed by atoms with van der Waals surface area (Å²) < 4.78 is 6.32. The van der Waals surface area contributed by atoms with E-state index in [1.165, 1.54) is 19.0 Å². The summed E-state index contributed by atoms with van der Waals surface area (Å²) in [5, 5.41) is 12.8. The maximum Gasteiger partial charge on any atom is 0.253 e. The number of carbonyl (C=O) groups is 1. The zero-order valence-corrected chi connectivity index (χ0v) is 14.0. The molecule has 1 aromatic rings. The van der Waals surface area contributed by atoms with E-state index in [0.717, 1.165) is 25.7 Å². The Labute approximate surface area is 138 Å². The molecular formula is C16H21BrN2O3. The number of amides is 1. The van der Waals surface area contributed by atoms with Gasteiger partial charge in [0.15, 0.2) is 0 Å². The van der Waals surface area contributed by atoms with Gasteiger partial charge in [-0.25, -0.2) is 4.98 Å². The Balaban J connectivity index is 1.60. The molecule has 2 unspecified atom stereocenters. The summed E-state index contributed by atoms with van der Waals surface area (Å²) >= 11 is 3.41. The molecule has 2 saturated carbocycles. The lowest BCUT2D eigenvalue weighted by Gasteiger charge is -2.28. The van der Waals surface area contributed by atoms with E-state index in [0.29, 0.717) is 28.4 Å². The fourth-order valence-corrected chi connectivity index (χ4v) is 3.13. The Morgan fingerprint density at radius 3 is 2.82 bits per heavy atom. The molecule has 1 amide bonds. The number of aliphatic hydroxyl groups excluding tert-OH is 1. The minimum atomic E-state index is -0.449. The van der Waals surface area contributed by atoms with Crippen LogP contribution in [0.25, 0.3) is 0 Å². The highest BCUT2D eigenvalue weighted by Crippen LogP contribution is 2.31. The van der Waals surface area contributed by atoms with Gasteiger partial charge in [0.25, 0.3) is 5.91 Å². The number of nitrogens with one attached hydrogen (secondary N) is 1. The first-order valence-corrected chi connectivity index (χ1v) is 8.70. The number of hydrogen-bond donors (Lipinski definition) is 2. The molecule has 2 atom stereocenters. The molecule has 0 aliphatic heterocycles. The molecule has 2 aliphatic rings. The van der Waals surface area contributed by atoms with Crippen molar-refractivity contribution in [3.8, 4) is 5.88 Å². The maximum atomic E-state index is 12.3. The van der Waals surface area contributed by atoms with Gasteiger partial charge in [0.2, 0.25) is 5.88 Å². The molecule has 0 aromatic carbocycles. The van der Waals surface area contributed by atoms with E-state index in [1.807, 2.05) is 0 Å². The molecule has 120 valence electrons. The van der Waals surface area contributed by atoms with Gasteiger partial charge in [0.1, 0.15) is 0 Å². The van der Waals surface area contributed by atoms with Crippen LogP contribution in [0.1, 0.15) is 48.9 Å². The van der Waals surface area contributed by atoms with Crippen molar-refractivity contribution in [2.75, 3.05) is 6.61 Å². The van der Waals surface area contributed by atoms with Crippen LogP contribution in [0.15, 0.2) is 16.7 Å². The molecule has 0 radical (unpaired) electrons. The highest BCUT2D eigenvalue weighted by atomic mass is 79.9. The van der Waals surface area contributed by atoms with Crippen LogP contribution in [0.3, 0.4) is 0 Å². The van der Waals surface area contributed by atoms with Crippen molar-refractivity contribution in [3.63, 3.8) is 0 Å². The maximum absolute atomic E-state index is 12.3. The zero-order chi connectivity index (χ0) is 15.5. The van der Waals surface area contributed by atoms with Gasteiger partial charge in [-0.05, 0) is 53.6 Å². The van der Waals surface area contributed by atoms with E-state index in [-0.39, 0.29) is 11.9 Å². The monoisotopic (exact) mass is 368 g/mol. The first-order valence-electron chi connectivity index (χ1n) is 7.91. The number of hydrogen-bond acceptors (Lipinski definition) is 4. The molecule has 2 N–H and O–H groups in total. The number of aromatic nitrogens is 1. The van der Waals surface area contributed by atoms with Gasteiger partial charge in [-0.15, -0.1) is 0 Å². The Hall–Kier alpha value is -1.14. The van der Waals surface area contributed by atoms with Crippen molar-refractivity contribution < 1.29 is 14.6 Å². The molecular weight excluding hydrogens is 348 g/mol. The van der Waals surface area contributed by atoms with Crippen LogP contribution < -0.4 is 10.1 Å². The van der Waals surface area contributed by atoms with Gasteiger partial charge >= 0.3 is 0 Å². The van der Waals surface area contributed by atoms with Gasteiger partial charge in [-0.1, -0.05) is 12.8 Å². The van der Waals surface area contributed by atoms with Crippen LogP contribution >= 0.6 is 15.9 Å². The summed E-state index contributed by atoms with van der Waals surface area (Å²) in [6.45, 7) is 0.686. The Bertz CT molecular complexity index is 548. The Morgan fingerprint density at radius 2 is 2.14 bits per heavy atom. The highest BCUT2D eigenvalue weighted by Gasteiger charge is 2.25. The number of nitrogens with zero attached hydrogens (tertiary/aromatic N) is 1. The summed E-state index contributed by atoms with van der Waals surface area (Å²) in [5.74, 6) is 0.985. The number of pyridine rings is 1. The predicted molar refractivity (Wildman–Crippen MR) is 85.9 cm³/mol. The second-order valence-corrected chi connectivity index (χ2v) is 7.05. The summed E-state index contributed by atoms with van der Waals surface area (Å²) in [5.41, 5.74) is 0.475. The number of rotatable bonds is 5. The third-order valence-electron chi connectivity index (χ3n) is 4.27. The largest absolute Gasteiger partial charge is 0.477 e. The lowest BCUT2D eigenvalue weighted by atomic mass is 9.92. The van der Waals surface area contributed by atoms with Crippen molar-refractivity contribution in [2.45, 2.75) is 50.7 Å². The summed E-state index contributed by atoms with van der Waals surface area (Å²) in [6, 6.07) is 1.56. The Kier molecular flexibility index (Phi) is 4.98. The third kappa shape index (κ3) is 3.98. The second-order valence-electron chi connectivity index (χ2n) is 6.20. The molecule has 1 heterocycles. The van der Waals surface area contributed by atoms with E-state index >= 15 is 0 Å². The van der Waals surface area contributed by atoms with Gasteiger partial charge in [0.05, 0.1) is 28.8 Å². The standard InChI is InChI=1S/C16H21BrN2O3/c17-12-7-11(8-18-16(12)22-9-10-5-6-10)15(21)19-13-3-1-2-4-14(13)20/h7-8,10,13-14,20H,1-6,9H2,(H,19,21). The molecule has 0 spiro atoms. The summed E-state index contributed by atoms with van der Waals surface area (Å²) in [6.07, 6.45) is 7.16. The minimum absolute atomic E-state index is 0.161. The van der Waals surface area contributed by atoms with E-state index in [1.54, 1.807) is 6.07 Å². The highest BCUT2D eigenvalue weighted by molar-refractivity contribution is 9.10. The van der Waals surface area contributed by atoms with Gasteiger partial charge in [-0.2, -0.15) is 0 Å². The summed E-state index contributed by atoms with van der Waals surface area (Å²) in [4.78, 5) is 16.5. The average Bonchev–Trinajstić information content (AvgIpc) is 3.32. The second kappa shape index (κ2) is 6.96. The minimum Gasteiger partial charge on any atom is -0.477 e. The quantitative estimate of drug-likeness (QED) is 0.837. The molecule has 0 bridgehead atoms. The van der Waals surface area contributed by atoms with Crippen LogP contribution in [-0.2, 0) is 0 Å². The van der Waals surface area contributed by atoms with Crippen molar-refractivity contribution in [1.82, 2.24) is 10.3 Å². The number of aliphatic hydroxyl groups is 1. The van der Waals surface area contributed by atoms with Gasteiger partial charge in [-0.3, -0.25) is 4.79 Å². The lowest BCUT2D eigenvalue weighted by Crippen LogP contribution is -2.45. The van der Waals surface area contributed by atoms with Crippen molar-refractivity contribution >= 4 is 21.8 Å². The molecule has 5 nitrogen and oxygen atoms in total. The van der Waals surface area contributed by atoms with E-state index < -0.39 is 6.10 Å². The van der Waals surface area contributed by atoms with E-state index in [4.69, 9.17) is 4.74 Å². The Morgan fingerprint density at radius 1 is 1.36 bits per heavy atom. The van der Waals surface area contributed by atoms with Crippen molar-refractivity contribution in [1.29, 1.82) is 0 Å². The molecule has 2 fully saturated rings. The SMILES string of the molecule is O=C(NC1CCCCC1O)c1cnc(OCC2CC2)c(Br)c1. The van der Waals surface area contributed by atoms with Crippen LogP contribution in [0.2, 0.25) is 0 Å². The van der Waals surface area contributed by atoms with Crippen LogP contribution in [-0.4, -0.2) is 34.8 Å². The van der Waals surface area contributed by atoms with E-state index in [9.17, 15) is 9.90 Å². The molecule has 0 saturated heterocycles. The first-order chi connectivity index (χ1) is 10.6. The average molecular weight is 369 g/mol. The van der Waals surface area contributed by atoms with Crippen LogP contribution in [0, 0.1) is 5.92 Å². The number of carbonyl (C=O) groups excluding carboxylic acids is 1. The smallest absolute Gasteiger partial charge is 0.253 e.